The van der Waals surface area contributed by atoms with Gasteiger partial charge in [-0.1, -0.05) is 0 Å². The molecule has 1 unspecified atom stereocenters. The SMILES string of the molecule is CC(Cl)CCCNCCCC(F)(F)F. The Morgan fingerprint density at radius 2 is 1.79 bits per heavy atom. The molecule has 0 saturated carbocycles. The van der Waals surface area contributed by atoms with Crippen molar-refractivity contribution in [2.45, 2.75) is 44.2 Å². The molecule has 0 heterocycles. The maximum Gasteiger partial charge on any atom is 0.389 e. The molecule has 0 aliphatic carbocycles. The van der Waals surface area contributed by atoms with Crippen LogP contribution < -0.4 is 5.32 Å². The minimum absolute atomic E-state index is 0.145. The van der Waals surface area contributed by atoms with Crippen LogP contribution in [0, 0.1) is 0 Å². The zero-order valence-corrected chi connectivity index (χ0v) is 9.09. The highest BCUT2D eigenvalue weighted by atomic mass is 35.5. The van der Waals surface area contributed by atoms with Crippen LogP contribution in [-0.2, 0) is 0 Å². The summed E-state index contributed by atoms with van der Waals surface area (Å²) in [6.07, 6.45) is -2.76. The molecule has 0 aromatic carbocycles. The van der Waals surface area contributed by atoms with Gasteiger partial charge < -0.3 is 5.32 Å². The Kier molecular flexibility index (Phi) is 7.37. The van der Waals surface area contributed by atoms with Crippen LogP contribution >= 0.6 is 11.6 Å². The molecule has 0 fully saturated rings. The summed E-state index contributed by atoms with van der Waals surface area (Å²) in [6, 6.07) is 0. The monoisotopic (exact) mass is 231 g/mol. The Bertz CT molecular complexity index is 137. The van der Waals surface area contributed by atoms with Gasteiger partial charge in [0.1, 0.15) is 0 Å². The standard InChI is InChI=1S/C9H17ClF3N/c1-8(10)4-2-6-14-7-3-5-9(11,12)13/h8,14H,2-7H2,1H3. The largest absolute Gasteiger partial charge is 0.389 e. The Morgan fingerprint density at radius 3 is 2.29 bits per heavy atom. The minimum Gasteiger partial charge on any atom is -0.317 e. The fourth-order valence-electron chi connectivity index (χ4n) is 1.05. The first-order valence-corrected chi connectivity index (χ1v) is 5.27. The number of rotatable bonds is 7. The lowest BCUT2D eigenvalue weighted by atomic mass is 10.2. The summed E-state index contributed by atoms with van der Waals surface area (Å²) in [4.78, 5) is 0. The fourth-order valence-corrected chi connectivity index (χ4v) is 1.20. The van der Waals surface area contributed by atoms with Crippen molar-refractivity contribution in [2.24, 2.45) is 0 Å². The summed E-state index contributed by atoms with van der Waals surface area (Å²) >= 11 is 5.70. The molecule has 0 aliphatic rings. The van der Waals surface area contributed by atoms with Crippen LogP contribution in [0.5, 0.6) is 0 Å². The number of alkyl halides is 4. The van der Waals surface area contributed by atoms with Gasteiger partial charge in [-0.15, -0.1) is 11.6 Å². The normalized spacial score (nSPS) is 14.4. The maximum absolute atomic E-state index is 11.7. The zero-order valence-electron chi connectivity index (χ0n) is 8.33. The van der Waals surface area contributed by atoms with Crippen molar-refractivity contribution in [3.63, 3.8) is 0 Å². The Balaban J connectivity index is 3.07. The van der Waals surface area contributed by atoms with E-state index in [4.69, 9.17) is 11.6 Å². The fraction of sp³-hybridized carbons (Fsp3) is 1.00. The summed E-state index contributed by atoms with van der Waals surface area (Å²) in [6.45, 7) is 3.08. The zero-order chi connectivity index (χ0) is 11.0. The molecule has 1 nitrogen and oxygen atoms in total. The molecule has 0 aromatic heterocycles. The van der Waals surface area contributed by atoms with Gasteiger partial charge in [0.25, 0.3) is 0 Å². The summed E-state index contributed by atoms with van der Waals surface area (Å²) in [5.41, 5.74) is 0. The van der Waals surface area contributed by atoms with Gasteiger partial charge in [0.2, 0.25) is 0 Å². The predicted molar refractivity (Wildman–Crippen MR) is 52.7 cm³/mol. The van der Waals surface area contributed by atoms with E-state index < -0.39 is 12.6 Å². The number of nitrogens with one attached hydrogen (secondary N) is 1. The first kappa shape index (κ1) is 14.0. The summed E-state index contributed by atoms with van der Waals surface area (Å²) in [5.74, 6) is 0. The highest BCUT2D eigenvalue weighted by Gasteiger charge is 2.25. The highest BCUT2D eigenvalue weighted by molar-refractivity contribution is 6.20. The smallest absolute Gasteiger partial charge is 0.317 e. The molecule has 0 aliphatic heterocycles. The minimum atomic E-state index is -4.02. The molecule has 5 heteroatoms. The van der Waals surface area contributed by atoms with Gasteiger partial charge in [0.15, 0.2) is 0 Å². The molecule has 1 N–H and O–H groups in total. The van der Waals surface area contributed by atoms with Crippen LogP contribution in [0.3, 0.4) is 0 Å². The van der Waals surface area contributed by atoms with E-state index >= 15 is 0 Å². The van der Waals surface area contributed by atoms with E-state index in [-0.39, 0.29) is 11.8 Å². The van der Waals surface area contributed by atoms with E-state index in [1.807, 2.05) is 6.92 Å². The van der Waals surface area contributed by atoms with E-state index in [0.29, 0.717) is 6.54 Å². The van der Waals surface area contributed by atoms with E-state index in [2.05, 4.69) is 5.32 Å². The van der Waals surface area contributed by atoms with Crippen LogP contribution in [0.2, 0.25) is 0 Å². The Hall–Kier alpha value is 0.0400. The predicted octanol–water partition coefficient (Wildman–Crippen LogP) is 3.33. The molecule has 0 amide bonds. The summed E-state index contributed by atoms with van der Waals surface area (Å²) in [7, 11) is 0. The molecule has 0 rings (SSSR count). The second-order valence-electron chi connectivity index (χ2n) is 3.39. The Morgan fingerprint density at radius 1 is 1.21 bits per heavy atom. The summed E-state index contributed by atoms with van der Waals surface area (Å²) in [5, 5.41) is 3.10. The van der Waals surface area contributed by atoms with Crippen LogP contribution in [-0.4, -0.2) is 24.6 Å². The Labute approximate surface area is 88.0 Å². The van der Waals surface area contributed by atoms with Crippen LogP contribution in [0.1, 0.15) is 32.6 Å². The van der Waals surface area contributed by atoms with E-state index in [1.165, 1.54) is 0 Å². The van der Waals surface area contributed by atoms with Crippen LogP contribution in [0.15, 0.2) is 0 Å². The molecule has 1 atom stereocenters. The van der Waals surface area contributed by atoms with Crippen molar-refractivity contribution in [1.82, 2.24) is 5.32 Å². The topological polar surface area (TPSA) is 12.0 Å². The first-order valence-electron chi connectivity index (χ1n) is 4.83. The van der Waals surface area contributed by atoms with Gasteiger partial charge in [-0.25, -0.2) is 0 Å². The lowest BCUT2D eigenvalue weighted by Crippen LogP contribution is -2.19. The van der Waals surface area contributed by atoms with Gasteiger partial charge in [0.05, 0.1) is 0 Å². The average molecular weight is 232 g/mol. The summed E-state index contributed by atoms with van der Waals surface area (Å²) < 4.78 is 35.1. The lowest BCUT2D eigenvalue weighted by molar-refractivity contribution is -0.135. The highest BCUT2D eigenvalue weighted by Crippen LogP contribution is 2.20. The van der Waals surface area contributed by atoms with Crippen LogP contribution in [0.25, 0.3) is 0 Å². The van der Waals surface area contributed by atoms with E-state index in [1.54, 1.807) is 0 Å². The third-order valence-corrected chi connectivity index (χ3v) is 1.99. The molecule has 0 radical (unpaired) electrons. The van der Waals surface area contributed by atoms with Gasteiger partial charge in [-0.3, -0.25) is 0 Å². The lowest BCUT2D eigenvalue weighted by Gasteiger charge is -2.07. The van der Waals surface area contributed by atoms with Crippen LogP contribution in [0.4, 0.5) is 13.2 Å². The third-order valence-electron chi connectivity index (χ3n) is 1.77. The third kappa shape index (κ3) is 12.0. The van der Waals surface area contributed by atoms with Crippen molar-refractivity contribution in [3.8, 4) is 0 Å². The van der Waals surface area contributed by atoms with E-state index in [9.17, 15) is 13.2 Å². The van der Waals surface area contributed by atoms with Gasteiger partial charge in [-0.05, 0) is 39.3 Å². The first-order chi connectivity index (χ1) is 6.42. The molecular weight excluding hydrogens is 215 g/mol. The van der Waals surface area contributed by atoms with Crippen molar-refractivity contribution in [3.05, 3.63) is 0 Å². The number of halogens is 4. The van der Waals surface area contributed by atoms with Crippen molar-refractivity contribution in [1.29, 1.82) is 0 Å². The number of hydrogen-bond donors (Lipinski definition) is 1. The molecule has 0 bridgehead atoms. The van der Waals surface area contributed by atoms with Crippen molar-refractivity contribution >= 4 is 11.6 Å². The average Bonchev–Trinajstić information content (AvgIpc) is 2.00. The molecule has 14 heavy (non-hydrogen) atoms. The molecule has 86 valence electrons. The second-order valence-corrected chi connectivity index (χ2v) is 4.14. The second kappa shape index (κ2) is 7.35. The van der Waals surface area contributed by atoms with Crippen molar-refractivity contribution < 1.29 is 13.2 Å². The van der Waals surface area contributed by atoms with Crippen molar-refractivity contribution in [2.75, 3.05) is 13.1 Å². The van der Waals surface area contributed by atoms with E-state index in [0.717, 1.165) is 19.4 Å². The molecule has 0 spiro atoms. The van der Waals surface area contributed by atoms with Gasteiger partial charge in [-0.2, -0.15) is 13.2 Å². The van der Waals surface area contributed by atoms with Gasteiger partial charge in [0, 0.05) is 11.8 Å². The quantitative estimate of drug-likeness (QED) is 0.524. The van der Waals surface area contributed by atoms with Gasteiger partial charge >= 0.3 is 6.18 Å². The molecule has 0 saturated heterocycles. The molecule has 0 aromatic rings. The molecular formula is C9H17ClF3N. The number of hydrogen-bond acceptors (Lipinski definition) is 1. The maximum atomic E-state index is 11.7.